The van der Waals surface area contributed by atoms with Crippen molar-refractivity contribution >= 4 is 34.6 Å². The fraction of sp³-hybridized carbons (Fsp3) is 0.571. The van der Waals surface area contributed by atoms with Gasteiger partial charge in [0.05, 0.1) is 6.04 Å². The number of H-pyrrole nitrogens is 1. The summed E-state index contributed by atoms with van der Waals surface area (Å²) in [5, 5.41) is 22.0. The van der Waals surface area contributed by atoms with Crippen LogP contribution in [-0.4, -0.2) is 71.0 Å². The third-order valence-electron chi connectivity index (χ3n) is 7.01. The van der Waals surface area contributed by atoms with Gasteiger partial charge in [0.2, 0.25) is 17.7 Å². The van der Waals surface area contributed by atoms with Crippen molar-refractivity contribution in [1.29, 1.82) is 0 Å². The number of aromatic amines is 1. The summed E-state index contributed by atoms with van der Waals surface area (Å²) in [6, 6.07) is 4.36. The lowest BCUT2D eigenvalue weighted by atomic mass is 10.00. The number of para-hydroxylation sites is 1. The highest BCUT2D eigenvalue weighted by Crippen LogP contribution is 2.20. The van der Waals surface area contributed by atoms with Gasteiger partial charge in [0.25, 0.3) is 0 Å². The largest absolute Gasteiger partial charge is 0.480 e. The first-order valence-electron chi connectivity index (χ1n) is 13.8. The molecule has 0 saturated carbocycles. The van der Waals surface area contributed by atoms with Crippen LogP contribution < -0.4 is 27.0 Å². The Kier molecular flexibility index (Phi) is 11.3. The second-order valence-corrected chi connectivity index (χ2v) is 10.6. The van der Waals surface area contributed by atoms with Crippen molar-refractivity contribution in [3.8, 4) is 0 Å². The average molecular weight is 543 g/mol. The quantitative estimate of drug-likeness (QED) is 0.165. The van der Waals surface area contributed by atoms with Crippen molar-refractivity contribution < 1.29 is 24.3 Å². The highest BCUT2D eigenvalue weighted by Gasteiger charge is 2.32. The standard InChI is InChI=1S/C28H42N6O5/c1-17(2)14-23(26(36)32-22(28(38)39)10-5-6-12-29)33-27(37)24(34-25(35)21-11-7-13-30-21)15-18-16-31-20-9-4-3-8-19(18)20/h3-4,8-9,16-17,21-24,30-31H,5-7,10-15,29H2,1-2H3,(H,32,36)(H,33,37)(H,34,35)(H,38,39). The number of carbonyl (C=O) groups is 4. The number of hydrogen-bond donors (Lipinski definition) is 7. The smallest absolute Gasteiger partial charge is 0.326 e. The van der Waals surface area contributed by atoms with Gasteiger partial charge < -0.3 is 37.1 Å². The van der Waals surface area contributed by atoms with Gasteiger partial charge in [-0.15, -0.1) is 0 Å². The SMILES string of the molecule is CC(C)CC(NC(=O)C(Cc1c[nH]c2ccccc12)NC(=O)C1CCCN1)C(=O)NC(CCCCN)C(=O)O. The number of rotatable bonds is 15. The number of aliphatic carboxylic acids is 1. The molecule has 2 aromatic rings. The Morgan fingerprint density at radius 2 is 1.74 bits per heavy atom. The molecule has 39 heavy (non-hydrogen) atoms. The number of aromatic nitrogens is 1. The van der Waals surface area contributed by atoms with Gasteiger partial charge in [0.1, 0.15) is 18.1 Å². The molecule has 0 spiro atoms. The van der Waals surface area contributed by atoms with Gasteiger partial charge in [0.15, 0.2) is 0 Å². The van der Waals surface area contributed by atoms with Gasteiger partial charge in [-0.25, -0.2) is 4.79 Å². The second kappa shape index (κ2) is 14.6. The topological polar surface area (TPSA) is 178 Å². The van der Waals surface area contributed by atoms with Crippen LogP contribution >= 0.6 is 0 Å². The number of hydrogen-bond acceptors (Lipinski definition) is 6. The first-order valence-corrected chi connectivity index (χ1v) is 13.8. The number of fused-ring (bicyclic) bond motifs is 1. The summed E-state index contributed by atoms with van der Waals surface area (Å²) in [4.78, 5) is 54.7. The fourth-order valence-corrected chi connectivity index (χ4v) is 4.91. The number of benzene rings is 1. The van der Waals surface area contributed by atoms with Gasteiger partial charge in [0, 0.05) is 23.5 Å². The molecule has 1 aromatic heterocycles. The van der Waals surface area contributed by atoms with Crippen molar-refractivity contribution in [2.75, 3.05) is 13.1 Å². The number of amides is 3. The van der Waals surface area contributed by atoms with Crippen LogP contribution in [0.3, 0.4) is 0 Å². The molecular weight excluding hydrogens is 500 g/mol. The number of carboxylic acids is 1. The van der Waals surface area contributed by atoms with E-state index in [4.69, 9.17) is 5.73 Å². The van der Waals surface area contributed by atoms with Gasteiger partial charge in [-0.3, -0.25) is 14.4 Å². The van der Waals surface area contributed by atoms with Gasteiger partial charge in [-0.05, 0) is 69.2 Å². The summed E-state index contributed by atoms with van der Waals surface area (Å²) in [6.45, 7) is 5.01. The Balaban J connectivity index is 1.78. The lowest BCUT2D eigenvalue weighted by Crippen LogP contribution is -2.57. The molecule has 1 fully saturated rings. The zero-order chi connectivity index (χ0) is 28.4. The maximum Gasteiger partial charge on any atom is 0.326 e. The molecule has 0 aliphatic carbocycles. The Bertz CT molecular complexity index is 1130. The first kappa shape index (κ1) is 30.1. The number of nitrogens with two attached hydrogens (primary N) is 1. The summed E-state index contributed by atoms with van der Waals surface area (Å²) in [6.07, 6.45) is 5.37. The van der Waals surface area contributed by atoms with Crippen LogP contribution in [0.15, 0.2) is 30.5 Å². The van der Waals surface area contributed by atoms with Crippen molar-refractivity contribution in [3.63, 3.8) is 0 Å². The molecule has 1 aliphatic heterocycles. The van der Waals surface area contributed by atoms with E-state index < -0.39 is 35.9 Å². The van der Waals surface area contributed by atoms with Gasteiger partial charge in [-0.1, -0.05) is 32.0 Å². The average Bonchev–Trinajstić information content (AvgIpc) is 3.58. The van der Waals surface area contributed by atoms with E-state index >= 15 is 0 Å². The molecule has 214 valence electrons. The van der Waals surface area contributed by atoms with Crippen LogP contribution in [0.2, 0.25) is 0 Å². The zero-order valence-electron chi connectivity index (χ0n) is 22.8. The number of carbonyl (C=O) groups excluding carboxylic acids is 3. The van der Waals surface area contributed by atoms with E-state index in [0.29, 0.717) is 32.2 Å². The van der Waals surface area contributed by atoms with Gasteiger partial charge >= 0.3 is 5.97 Å². The lowest BCUT2D eigenvalue weighted by Gasteiger charge is -2.26. The molecule has 1 saturated heterocycles. The predicted molar refractivity (Wildman–Crippen MR) is 149 cm³/mol. The van der Waals surface area contributed by atoms with E-state index in [1.807, 2.05) is 44.3 Å². The van der Waals surface area contributed by atoms with E-state index in [0.717, 1.165) is 29.4 Å². The van der Waals surface area contributed by atoms with Crippen LogP contribution in [-0.2, 0) is 25.6 Å². The molecule has 3 rings (SSSR count). The van der Waals surface area contributed by atoms with E-state index in [9.17, 15) is 24.3 Å². The summed E-state index contributed by atoms with van der Waals surface area (Å²) in [5.74, 6) is -2.41. The van der Waals surface area contributed by atoms with Crippen LogP contribution in [0.4, 0.5) is 0 Å². The molecule has 0 radical (unpaired) electrons. The van der Waals surface area contributed by atoms with Crippen molar-refractivity contribution in [3.05, 3.63) is 36.0 Å². The minimum atomic E-state index is -1.14. The summed E-state index contributed by atoms with van der Waals surface area (Å²) in [7, 11) is 0. The molecule has 4 unspecified atom stereocenters. The molecular formula is C28H42N6O5. The second-order valence-electron chi connectivity index (χ2n) is 10.6. The number of carboxylic acid groups (broad SMARTS) is 1. The Morgan fingerprint density at radius 1 is 1.03 bits per heavy atom. The molecule has 3 amide bonds. The van der Waals surface area contributed by atoms with Crippen LogP contribution in [0, 0.1) is 5.92 Å². The van der Waals surface area contributed by atoms with Crippen LogP contribution in [0.1, 0.15) is 57.9 Å². The fourth-order valence-electron chi connectivity index (χ4n) is 4.91. The van der Waals surface area contributed by atoms with E-state index in [2.05, 4.69) is 26.3 Å². The highest BCUT2D eigenvalue weighted by atomic mass is 16.4. The Morgan fingerprint density at radius 3 is 2.41 bits per heavy atom. The van der Waals surface area contributed by atoms with Crippen molar-refractivity contribution in [1.82, 2.24) is 26.3 Å². The highest BCUT2D eigenvalue weighted by molar-refractivity contribution is 5.95. The Hall–Kier alpha value is -3.44. The maximum absolute atomic E-state index is 13.6. The van der Waals surface area contributed by atoms with E-state index in [-0.39, 0.29) is 30.7 Å². The van der Waals surface area contributed by atoms with E-state index in [1.165, 1.54) is 0 Å². The molecule has 11 nitrogen and oxygen atoms in total. The van der Waals surface area contributed by atoms with E-state index in [1.54, 1.807) is 0 Å². The molecule has 4 atom stereocenters. The first-order chi connectivity index (χ1) is 18.7. The van der Waals surface area contributed by atoms with Crippen molar-refractivity contribution in [2.24, 2.45) is 11.7 Å². The minimum Gasteiger partial charge on any atom is -0.480 e. The summed E-state index contributed by atoms with van der Waals surface area (Å²) >= 11 is 0. The third kappa shape index (κ3) is 8.79. The lowest BCUT2D eigenvalue weighted by molar-refractivity contribution is -0.142. The predicted octanol–water partition coefficient (Wildman–Crippen LogP) is 1.18. The van der Waals surface area contributed by atoms with Crippen LogP contribution in [0.25, 0.3) is 10.9 Å². The molecule has 11 heteroatoms. The summed E-state index contributed by atoms with van der Waals surface area (Å²) < 4.78 is 0. The van der Waals surface area contributed by atoms with Crippen molar-refractivity contribution in [2.45, 2.75) is 83.0 Å². The molecule has 1 aliphatic rings. The monoisotopic (exact) mass is 542 g/mol. The number of unbranched alkanes of at least 4 members (excludes halogenated alkanes) is 1. The normalized spacial score (nSPS) is 17.5. The third-order valence-corrected chi connectivity index (χ3v) is 7.01. The zero-order valence-corrected chi connectivity index (χ0v) is 22.8. The van der Waals surface area contributed by atoms with Crippen LogP contribution in [0.5, 0.6) is 0 Å². The molecule has 8 N–H and O–H groups in total. The Labute approximate surface area is 229 Å². The summed E-state index contributed by atoms with van der Waals surface area (Å²) in [5.41, 5.74) is 7.29. The minimum absolute atomic E-state index is 0.0471. The van der Waals surface area contributed by atoms with Gasteiger partial charge in [-0.2, -0.15) is 0 Å². The molecule has 1 aromatic carbocycles. The molecule has 2 heterocycles. The molecule has 0 bridgehead atoms. The maximum atomic E-state index is 13.6. The number of nitrogens with one attached hydrogen (secondary N) is 5.